The summed E-state index contributed by atoms with van der Waals surface area (Å²) in [5.41, 5.74) is 1.01. The van der Waals surface area contributed by atoms with Gasteiger partial charge in [-0.3, -0.25) is 0 Å². The van der Waals surface area contributed by atoms with Gasteiger partial charge in [-0.1, -0.05) is 32.0 Å². The smallest absolute Gasteiger partial charge is 0.338 e. The van der Waals surface area contributed by atoms with Crippen molar-refractivity contribution in [3.05, 3.63) is 65.9 Å². The van der Waals surface area contributed by atoms with E-state index < -0.39 is 16.0 Å². The van der Waals surface area contributed by atoms with Crippen molar-refractivity contribution in [2.45, 2.75) is 25.3 Å². The highest BCUT2D eigenvalue weighted by atomic mass is 32.2. The van der Waals surface area contributed by atoms with E-state index in [1.54, 1.807) is 13.8 Å². The Morgan fingerprint density at radius 3 is 2.33 bits per heavy atom. The van der Waals surface area contributed by atoms with E-state index >= 15 is 0 Å². The van der Waals surface area contributed by atoms with Crippen LogP contribution in [0.25, 0.3) is 11.0 Å². The summed E-state index contributed by atoms with van der Waals surface area (Å²) in [7, 11) is -3.55. The van der Waals surface area contributed by atoms with Crippen LogP contribution < -0.4 is 0 Å². The predicted octanol–water partition coefficient (Wildman–Crippen LogP) is 3.82. The number of para-hydroxylation sites is 1. The topological polar surface area (TPSA) is 76.8 Å². The summed E-state index contributed by atoms with van der Waals surface area (Å²) < 4.78 is 37.2. The fraction of sp³-hybridized carbons (Fsp3) is 0.250. The highest BCUT2D eigenvalue weighted by Gasteiger charge is 2.21. The number of nitrogens with zero attached hydrogens (tertiary/aromatic N) is 1. The van der Waals surface area contributed by atoms with Gasteiger partial charge in [0.2, 0.25) is 10.0 Å². The second kappa shape index (κ2) is 7.94. The van der Waals surface area contributed by atoms with Crippen molar-refractivity contribution in [3.63, 3.8) is 0 Å². The van der Waals surface area contributed by atoms with Gasteiger partial charge in [-0.05, 0) is 36.4 Å². The van der Waals surface area contributed by atoms with Gasteiger partial charge in [-0.25, -0.2) is 13.2 Å². The lowest BCUT2D eigenvalue weighted by atomic mass is 10.2. The molecule has 0 aliphatic rings. The summed E-state index contributed by atoms with van der Waals surface area (Å²) in [6.07, 6.45) is 0. The average Bonchev–Trinajstić information content (AvgIpc) is 3.10. The molecule has 0 radical (unpaired) electrons. The maximum atomic E-state index is 12.5. The molecule has 3 rings (SSSR count). The van der Waals surface area contributed by atoms with Crippen molar-refractivity contribution >= 4 is 27.0 Å². The van der Waals surface area contributed by atoms with E-state index in [1.807, 2.05) is 30.3 Å². The normalized spacial score (nSPS) is 11.8. The van der Waals surface area contributed by atoms with E-state index in [4.69, 9.17) is 9.15 Å². The number of rotatable bonds is 7. The third-order valence-corrected chi connectivity index (χ3v) is 6.32. The first-order valence-electron chi connectivity index (χ1n) is 8.70. The Bertz CT molecular complexity index is 1000. The maximum absolute atomic E-state index is 12.5. The van der Waals surface area contributed by atoms with Gasteiger partial charge in [0.1, 0.15) is 18.0 Å². The third-order valence-electron chi connectivity index (χ3n) is 4.26. The Hall–Kier alpha value is -2.64. The van der Waals surface area contributed by atoms with Gasteiger partial charge < -0.3 is 9.15 Å². The molecule has 7 heteroatoms. The molecule has 0 saturated heterocycles. The van der Waals surface area contributed by atoms with Crippen molar-refractivity contribution in [1.82, 2.24) is 4.31 Å². The van der Waals surface area contributed by atoms with Crippen LogP contribution in [0.15, 0.2) is 63.9 Å². The molecule has 0 aliphatic heterocycles. The molecule has 0 amide bonds. The summed E-state index contributed by atoms with van der Waals surface area (Å²) in [5.74, 6) is 0.00697. The fourth-order valence-electron chi connectivity index (χ4n) is 2.80. The molecule has 3 aromatic rings. The van der Waals surface area contributed by atoms with Crippen LogP contribution in [0.2, 0.25) is 0 Å². The molecule has 1 heterocycles. The molecule has 0 aliphatic carbocycles. The zero-order chi connectivity index (χ0) is 19.4. The minimum Gasteiger partial charge on any atom is -0.457 e. The summed E-state index contributed by atoms with van der Waals surface area (Å²) in [4.78, 5) is 12.4. The minimum atomic E-state index is -3.55. The van der Waals surface area contributed by atoms with Crippen molar-refractivity contribution < 1.29 is 22.4 Å². The highest BCUT2D eigenvalue weighted by Crippen LogP contribution is 2.20. The average molecular weight is 387 g/mol. The number of hydrogen-bond donors (Lipinski definition) is 0. The predicted molar refractivity (Wildman–Crippen MR) is 102 cm³/mol. The first-order valence-corrected chi connectivity index (χ1v) is 10.1. The molecule has 6 nitrogen and oxygen atoms in total. The van der Waals surface area contributed by atoms with Gasteiger partial charge in [0, 0.05) is 18.5 Å². The fourth-order valence-corrected chi connectivity index (χ4v) is 4.26. The van der Waals surface area contributed by atoms with E-state index in [2.05, 4.69) is 0 Å². The Morgan fingerprint density at radius 1 is 1.04 bits per heavy atom. The van der Waals surface area contributed by atoms with Crippen molar-refractivity contribution in [2.24, 2.45) is 0 Å². The third kappa shape index (κ3) is 4.04. The van der Waals surface area contributed by atoms with Crippen molar-refractivity contribution in [1.29, 1.82) is 0 Å². The number of ether oxygens (including phenoxy) is 1. The number of esters is 1. The molecule has 0 spiro atoms. The molecule has 142 valence electrons. The van der Waals surface area contributed by atoms with Crippen LogP contribution in [-0.4, -0.2) is 31.8 Å². The number of benzene rings is 2. The molecule has 1 aromatic heterocycles. The molecule has 0 N–H and O–H groups in total. The monoisotopic (exact) mass is 387 g/mol. The van der Waals surface area contributed by atoms with Gasteiger partial charge in [-0.15, -0.1) is 0 Å². The number of carbonyl (C=O) groups is 1. The molecular formula is C20H21NO5S. The number of hydrogen-bond acceptors (Lipinski definition) is 5. The first-order chi connectivity index (χ1) is 13.0. The summed E-state index contributed by atoms with van der Waals surface area (Å²) in [5, 5.41) is 0.939. The van der Waals surface area contributed by atoms with Crippen LogP contribution in [0.5, 0.6) is 0 Å². The first kappa shape index (κ1) is 19.1. The molecule has 0 saturated carbocycles. The lowest BCUT2D eigenvalue weighted by Crippen LogP contribution is -2.30. The Morgan fingerprint density at radius 2 is 1.70 bits per heavy atom. The van der Waals surface area contributed by atoms with E-state index in [0.29, 0.717) is 18.8 Å². The van der Waals surface area contributed by atoms with Crippen molar-refractivity contribution in [3.8, 4) is 0 Å². The molecule has 2 aromatic carbocycles. The summed E-state index contributed by atoms with van der Waals surface area (Å²) in [6, 6.07) is 15.1. The van der Waals surface area contributed by atoms with Crippen LogP contribution in [0.1, 0.15) is 30.0 Å². The van der Waals surface area contributed by atoms with Crippen LogP contribution in [-0.2, 0) is 21.4 Å². The van der Waals surface area contributed by atoms with E-state index in [1.165, 1.54) is 28.6 Å². The second-order valence-corrected chi connectivity index (χ2v) is 7.88. The van der Waals surface area contributed by atoms with Gasteiger partial charge in [0.25, 0.3) is 0 Å². The lowest BCUT2D eigenvalue weighted by molar-refractivity contribution is 0.0447. The van der Waals surface area contributed by atoms with Crippen LogP contribution in [0, 0.1) is 0 Å². The number of fused-ring (bicyclic) bond motifs is 1. The second-order valence-electron chi connectivity index (χ2n) is 5.94. The Labute approximate surface area is 158 Å². The van der Waals surface area contributed by atoms with Crippen molar-refractivity contribution in [2.75, 3.05) is 13.1 Å². The van der Waals surface area contributed by atoms with Gasteiger partial charge in [-0.2, -0.15) is 4.31 Å². The minimum absolute atomic E-state index is 0.00695. The SMILES string of the molecule is CCN(CC)S(=O)(=O)c1ccc(C(=O)OCc2cc3ccccc3o2)cc1. The maximum Gasteiger partial charge on any atom is 0.338 e. The van der Waals surface area contributed by atoms with Gasteiger partial charge in [0.15, 0.2) is 0 Å². The molecule has 0 bridgehead atoms. The van der Waals surface area contributed by atoms with Gasteiger partial charge in [0.05, 0.1) is 10.5 Å². The van der Waals surface area contributed by atoms with Gasteiger partial charge >= 0.3 is 5.97 Å². The summed E-state index contributed by atoms with van der Waals surface area (Å²) in [6.45, 7) is 4.35. The molecule has 0 atom stereocenters. The van der Waals surface area contributed by atoms with Crippen LogP contribution >= 0.6 is 0 Å². The number of carbonyl (C=O) groups excluding carboxylic acids is 1. The summed E-state index contributed by atoms with van der Waals surface area (Å²) >= 11 is 0. The number of furan rings is 1. The quantitative estimate of drug-likeness (QED) is 0.576. The van der Waals surface area contributed by atoms with E-state index in [0.717, 1.165) is 11.0 Å². The molecule has 0 fully saturated rings. The molecular weight excluding hydrogens is 366 g/mol. The lowest BCUT2D eigenvalue weighted by Gasteiger charge is -2.18. The molecule has 27 heavy (non-hydrogen) atoms. The van der Waals surface area contributed by atoms with Crippen LogP contribution in [0.4, 0.5) is 0 Å². The zero-order valence-electron chi connectivity index (χ0n) is 15.2. The Kier molecular flexibility index (Phi) is 5.62. The zero-order valence-corrected chi connectivity index (χ0v) is 16.0. The molecule has 0 unspecified atom stereocenters. The Balaban J connectivity index is 1.68. The number of sulfonamides is 1. The van der Waals surface area contributed by atoms with Crippen LogP contribution in [0.3, 0.4) is 0 Å². The van der Waals surface area contributed by atoms with E-state index in [-0.39, 0.29) is 17.1 Å². The van der Waals surface area contributed by atoms with E-state index in [9.17, 15) is 13.2 Å². The highest BCUT2D eigenvalue weighted by molar-refractivity contribution is 7.89. The largest absolute Gasteiger partial charge is 0.457 e. The standard InChI is InChI=1S/C20H21NO5S/c1-3-21(4-2)27(23,24)18-11-9-15(10-12-18)20(22)25-14-17-13-16-7-5-6-8-19(16)26-17/h5-13H,3-4,14H2,1-2H3.